The molecule has 0 aliphatic rings. The number of methoxy groups -OCH3 is 1. The lowest BCUT2D eigenvalue weighted by atomic mass is 10.3. The van der Waals surface area contributed by atoms with E-state index in [9.17, 15) is 0 Å². The van der Waals surface area contributed by atoms with Gasteiger partial charge in [0.15, 0.2) is 0 Å². The molecule has 0 fully saturated rings. The minimum Gasteiger partial charge on any atom is -0.384 e. The van der Waals surface area contributed by atoms with Gasteiger partial charge in [-0.05, 0) is 28.1 Å². The molecule has 0 aliphatic heterocycles. The standard InChI is InChI=1S/C6H10IN2OP/c1-10-5-3-6-2-4-9(8-6)11-7/h2,4,11H,3,5H2,1H3. The number of rotatable bonds is 4. The van der Waals surface area contributed by atoms with Gasteiger partial charge in [0.05, 0.1) is 18.7 Å². The van der Waals surface area contributed by atoms with Gasteiger partial charge in [-0.3, -0.25) is 0 Å². The monoisotopic (exact) mass is 284 g/mol. The van der Waals surface area contributed by atoms with E-state index in [4.69, 9.17) is 4.74 Å². The zero-order chi connectivity index (χ0) is 8.10. The Hall–Kier alpha value is 0.330. The van der Waals surface area contributed by atoms with Crippen molar-refractivity contribution >= 4 is 28.4 Å². The van der Waals surface area contributed by atoms with E-state index < -0.39 is 0 Å². The summed E-state index contributed by atoms with van der Waals surface area (Å²) in [4.78, 5) is 0. The number of aromatic nitrogens is 2. The minimum absolute atomic E-state index is 0.691. The van der Waals surface area contributed by atoms with Gasteiger partial charge in [0.1, 0.15) is 0 Å². The molecule has 0 radical (unpaired) electrons. The van der Waals surface area contributed by atoms with E-state index in [1.165, 1.54) is 0 Å². The molecule has 0 spiro atoms. The van der Waals surface area contributed by atoms with Gasteiger partial charge >= 0.3 is 0 Å². The topological polar surface area (TPSA) is 27.1 Å². The quantitative estimate of drug-likeness (QED) is 0.623. The van der Waals surface area contributed by atoms with Crippen molar-refractivity contribution in [3.63, 3.8) is 0 Å². The van der Waals surface area contributed by atoms with Crippen LogP contribution >= 0.6 is 28.4 Å². The second kappa shape index (κ2) is 5.06. The average molecular weight is 284 g/mol. The van der Waals surface area contributed by atoms with Crippen molar-refractivity contribution < 1.29 is 4.74 Å². The van der Waals surface area contributed by atoms with Gasteiger partial charge in [-0.15, -0.1) is 0 Å². The Morgan fingerprint density at radius 3 is 3.18 bits per heavy atom. The third-order valence-corrected chi connectivity index (χ3v) is 3.20. The molecule has 3 nitrogen and oxygen atoms in total. The summed E-state index contributed by atoms with van der Waals surface area (Å²) in [6.45, 7) is 0.751. The first-order valence-electron chi connectivity index (χ1n) is 3.27. The molecule has 1 atom stereocenters. The van der Waals surface area contributed by atoms with Crippen molar-refractivity contribution in [2.45, 2.75) is 6.42 Å². The van der Waals surface area contributed by atoms with Crippen molar-refractivity contribution in [3.05, 3.63) is 18.0 Å². The maximum atomic E-state index is 4.94. The first-order chi connectivity index (χ1) is 5.36. The summed E-state index contributed by atoms with van der Waals surface area (Å²) < 4.78 is 6.88. The molecule has 0 N–H and O–H groups in total. The van der Waals surface area contributed by atoms with E-state index >= 15 is 0 Å². The molecule has 0 bridgehead atoms. The SMILES string of the molecule is COCCc1ccn(PI)n1. The van der Waals surface area contributed by atoms with E-state index in [-0.39, 0.29) is 0 Å². The van der Waals surface area contributed by atoms with E-state index in [1.54, 1.807) is 7.11 Å². The maximum Gasteiger partial charge on any atom is 0.0677 e. The number of halogens is 1. The van der Waals surface area contributed by atoms with E-state index in [0.717, 1.165) is 18.7 Å². The van der Waals surface area contributed by atoms with Crippen LogP contribution in [0.3, 0.4) is 0 Å². The summed E-state index contributed by atoms with van der Waals surface area (Å²) in [5.74, 6) is 0. The second-order valence-corrected chi connectivity index (χ2v) is 4.15. The first-order valence-corrected chi connectivity index (χ1v) is 7.33. The summed E-state index contributed by atoms with van der Waals surface area (Å²) >= 11 is 2.30. The third kappa shape index (κ3) is 3.05. The Morgan fingerprint density at radius 2 is 2.64 bits per heavy atom. The van der Waals surface area contributed by atoms with Crippen LogP contribution in [-0.2, 0) is 11.2 Å². The summed E-state index contributed by atoms with van der Waals surface area (Å²) in [5, 5.41) is 4.31. The molecule has 0 amide bonds. The van der Waals surface area contributed by atoms with Crippen LogP contribution in [0, 0.1) is 0 Å². The molecule has 11 heavy (non-hydrogen) atoms. The predicted molar refractivity (Wildman–Crippen MR) is 55.5 cm³/mol. The molecule has 0 saturated carbocycles. The first kappa shape index (κ1) is 9.42. The number of hydrogen-bond acceptors (Lipinski definition) is 2. The van der Waals surface area contributed by atoms with E-state index in [2.05, 4.69) is 27.1 Å². The fourth-order valence-electron chi connectivity index (χ4n) is 0.749. The third-order valence-electron chi connectivity index (χ3n) is 1.29. The van der Waals surface area contributed by atoms with Gasteiger partial charge in [-0.1, -0.05) is 0 Å². The highest BCUT2D eigenvalue weighted by Gasteiger charge is 1.96. The molecule has 1 unspecified atom stereocenters. The van der Waals surface area contributed by atoms with Crippen molar-refractivity contribution in [1.82, 2.24) is 9.55 Å². The molecule has 1 aromatic rings. The van der Waals surface area contributed by atoms with E-state index in [0.29, 0.717) is 6.37 Å². The van der Waals surface area contributed by atoms with Gasteiger partial charge in [0.25, 0.3) is 0 Å². The van der Waals surface area contributed by atoms with Crippen molar-refractivity contribution in [2.75, 3.05) is 13.7 Å². The molecule has 0 aromatic carbocycles. The highest BCUT2D eigenvalue weighted by Crippen LogP contribution is 2.21. The lowest BCUT2D eigenvalue weighted by Crippen LogP contribution is -1.95. The highest BCUT2D eigenvalue weighted by molar-refractivity contribution is 14.2. The highest BCUT2D eigenvalue weighted by atomic mass is 127. The lowest BCUT2D eigenvalue weighted by Gasteiger charge is -1.94. The summed E-state index contributed by atoms with van der Waals surface area (Å²) in [6.07, 6.45) is 3.59. The van der Waals surface area contributed by atoms with Gasteiger partial charge in [-0.25, -0.2) is 4.45 Å². The van der Waals surface area contributed by atoms with Crippen LogP contribution in [0.2, 0.25) is 0 Å². The maximum absolute atomic E-state index is 4.94. The molecule has 1 aromatic heterocycles. The van der Waals surface area contributed by atoms with Crippen molar-refractivity contribution in [2.24, 2.45) is 0 Å². The van der Waals surface area contributed by atoms with Gasteiger partial charge in [0, 0.05) is 19.7 Å². The number of ether oxygens (including phenoxy) is 1. The molecule has 0 saturated heterocycles. The molecule has 5 heteroatoms. The molecule has 1 rings (SSSR count). The zero-order valence-corrected chi connectivity index (χ0v) is 9.41. The Balaban J connectivity index is 2.44. The second-order valence-electron chi connectivity index (χ2n) is 2.08. The minimum atomic E-state index is 0.691. The Kier molecular flexibility index (Phi) is 4.33. The molecule has 1 heterocycles. The van der Waals surface area contributed by atoms with Crippen molar-refractivity contribution in [1.29, 1.82) is 0 Å². The summed E-state index contributed by atoms with van der Waals surface area (Å²) in [5.41, 5.74) is 1.11. The Bertz CT molecular complexity index is 216. The van der Waals surface area contributed by atoms with Crippen LogP contribution in [-0.4, -0.2) is 23.3 Å². The normalized spacial score (nSPS) is 11.5. The van der Waals surface area contributed by atoms with Crippen LogP contribution in [0.5, 0.6) is 0 Å². The lowest BCUT2D eigenvalue weighted by molar-refractivity contribution is 0.201. The van der Waals surface area contributed by atoms with Crippen LogP contribution < -0.4 is 0 Å². The summed E-state index contributed by atoms with van der Waals surface area (Å²) in [6, 6.07) is 2.03. The molecular formula is C6H10IN2OP. The predicted octanol–water partition coefficient (Wildman–Crippen LogP) is 1.86. The van der Waals surface area contributed by atoms with Gasteiger partial charge < -0.3 is 4.74 Å². The largest absolute Gasteiger partial charge is 0.384 e. The number of nitrogens with zero attached hydrogens (tertiary/aromatic N) is 2. The Morgan fingerprint density at radius 1 is 1.82 bits per heavy atom. The number of hydrogen-bond donors (Lipinski definition) is 0. The van der Waals surface area contributed by atoms with Crippen LogP contribution in [0.15, 0.2) is 12.3 Å². The molecule has 62 valence electrons. The van der Waals surface area contributed by atoms with Crippen LogP contribution in [0.25, 0.3) is 0 Å². The van der Waals surface area contributed by atoms with Gasteiger partial charge in [-0.2, -0.15) is 5.10 Å². The smallest absolute Gasteiger partial charge is 0.0677 e. The fourth-order valence-corrected chi connectivity index (χ4v) is 1.85. The summed E-state index contributed by atoms with van der Waals surface area (Å²) in [7, 11) is 1.71. The van der Waals surface area contributed by atoms with Gasteiger partial charge in [0.2, 0.25) is 0 Å². The molecule has 0 aliphatic carbocycles. The zero-order valence-electron chi connectivity index (χ0n) is 6.25. The molecular weight excluding hydrogens is 274 g/mol. The average Bonchev–Trinajstić information content (AvgIpc) is 2.48. The van der Waals surface area contributed by atoms with E-state index in [1.807, 2.05) is 16.7 Å². The fraction of sp³-hybridized carbons (Fsp3) is 0.500. The van der Waals surface area contributed by atoms with Crippen molar-refractivity contribution in [3.8, 4) is 0 Å². The Labute approximate surface area is 80.8 Å². The van der Waals surface area contributed by atoms with Crippen LogP contribution in [0.1, 0.15) is 5.69 Å². The van der Waals surface area contributed by atoms with Crippen LogP contribution in [0.4, 0.5) is 0 Å².